The van der Waals surface area contributed by atoms with Gasteiger partial charge in [0.1, 0.15) is 18.8 Å². The Hall–Kier alpha value is -2.72. The van der Waals surface area contributed by atoms with Gasteiger partial charge in [-0.05, 0) is 62.9 Å². The van der Waals surface area contributed by atoms with Gasteiger partial charge in [0.15, 0.2) is 6.10 Å². The predicted octanol–water partition coefficient (Wildman–Crippen LogP) is 3.74. The molecule has 0 saturated carbocycles. The highest BCUT2D eigenvalue weighted by Gasteiger charge is 2.43. The molecular weight excluding hydrogens is 578 g/mol. The molecule has 1 aliphatic heterocycles. The molecule has 1 saturated heterocycles. The molecule has 1 fully saturated rings. The Morgan fingerprint density at radius 2 is 1.80 bits per heavy atom. The monoisotopic (exact) mass is 635 g/mol. The molecule has 0 amide bonds. The van der Waals surface area contributed by atoms with Gasteiger partial charge in [0, 0.05) is 31.1 Å². The van der Waals surface area contributed by atoms with Gasteiger partial charge >= 0.3 is 17.9 Å². The van der Waals surface area contributed by atoms with Crippen molar-refractivity contribution < 1.29 is 48.1 Å². The number of quaternary nitrogens is 1. The summed E-state index contributed by atoms with van der Waals surface area (Å²) in [6.45, 7) is 12.4. The molecule has 10 nitrogen and oxygen atoms in total. The van der Waals surface area contributed by atoms with Gasteiger partial charge in [0.25, 0.3) is 0 Å². The lowest BCUT2D eigenvalue weighted by Crippen LogP contribution is -2.45. The molecule has 1 heterocycles. The van der Waals surface area contributed by atoms with Gasteiger partial charge in [-0.3, -0.25) is 14.4 Å². The first-order valence-electron chi connectivity index (χ1n) is 16.5. The number of carboxylic acid groups (broad SMARTS) is 1. The molecule has 45 heavy (non-hydrogen) atoms. The number of aliphatic carboxylic acids is 1. The van der Waals surface area contributed by atoms with E-state index >= 15 is 0 Å². The Balaban J connectivity index is 0.000000399. The second-order valence-electron chi connectivity index (χ2n) is 14.8. The fourth-order valence-corrected chi connectivity index (χ4v) is 6.29. The van der Waals surface area contributed by atoms with Gasteiger partial charge in [0.05, 0.1) is 39.1 Å². The zero-order chi connectivity index (χ0) is 34.1. The van der Waals surface area contributed by atoms with E-state index in [1.165, 1.54) is 5.57 Å². The summed E-state index contributed by atoms with van der Waals surface area (Å²) in [4.78, 5) is 46.1. The number of allylic oxidation sites excluding steroid dienone is 3. The van der Waals surface area contributed by atoms with Crippen molar-refractivity contribution in [3.8, 4) is 0 Å². The largest absolute Gasteiger partial charge is 0.550 e. The number of ether oxygens (including phenoxy) is 3. The summed E-state index contributed by atoms with van der Waals surface area (Å²) in [5, 5.41) is 20.4. The Bertz CT molecular complexity index is 1090. The number of carbonyl (C=O) groups is 4. The number of aliphatic hydroxyl groups excluding tert-OH is 1. The Kier molecular flexibility index (Phi) is 14.3. The van der Waals surface area contributed by atoms with Gasteiger partial charge < -0.3 is 33.7 Å². The lowest BCUT2D eigenvalue weighted by Gasteiger charge is -2.44. The van der Waals surface area contributed by atoms with E-state index in [9.17, 15) is 29.4 Å². The maximum atomic E-state index is 12.9. The third kappa shape index (κ3) is 12.5. The Labute approximate surface area is 269 Å². The molecule has 0 radical (unpaired) electrons. The molecule has 0 aromatic carbocycles. The number of likely N-dealkylation sites (N-methyl/N-ethyl adjacent to an activating group) is 1. The molecule has 256 valence electrons. The van der Waals surface area contributed by atoms with Crippen molar-refractivity contribution in [3.05, 3.63) is 23.8 Å². The summed E-state index contributed by atoms with van der Waals surface area (Å²) in [6, 6.07) is 0. The fourth-order valence-electron chi connectivity index (χ4n) is 6.29. The fraction of sp³-hybridized carbons (Fsp3) is 0.771. The van der Waals surface area contributed by atoms with Crippen molar-refractivity contribution in [2.24, 2.45) is 29.1 Å². The number of nitrogens with zero attached hydrogens (tertiary/aromatic N) is 1. The number of carbonyl (C=O) groups excluding carboxylic acids is 4. The Morgan fingerprint density at radius 1 is 1.13 bits per heavy atom. The molecule has 0 unspecified atom stereocenters. The van der Waals surface area contributed by atoms with E-state index in [1.807, 2.05) is 41.9 Å². The molecule has 3 aliphatic rings. The van der Waals surface area contributed by atoms with Gasteiger partial charge in [-0.25, -0.2) is 0 Å². The van der Waals surface area contributed by atoms with Crippen molar-refractivity contribution in [2.45, 2.75) is 117 Å². The van der Waals surface area contributed by atoms with Crippen molar-refractivity contribution in [2.75, 3.05) is 27.7 Å². The smallest absolute Gasteiger partial charge is 0.311 e. The second-order valence-corrected chi connectivity index (χ2v) is 14.8. The first-order chi connectivity index (χ1) is 20.8. The minimum Gasteiger partial charge on any atom is -0.550 e. The summed E-state index contributed by atoms with van der Waals surface area (Å²) in [6.07, 6.45) is 9.01. The molecular formula is C35H57NO9. The van der Waals surface area contributed by atoms with Crippen LogP contribution in [0.4, 0.5) is 0 Å². The average Bonchev–Trinajstić information content (AvgIpc) is 2.91. The molecule has 3 rings (SSSR count). The zero-order valence-electron chi connectivity index (χ0n) is 28.9. The SMILES string of the molecule is CCC(=O)O[C@H](CC(=O)[O-])C[N+](C)(C)C.CCC(C)(C)C(=O)O[C@H]1C[C@@H](C)C=C2C=C[C@H](C)[C@H](CC[C@@H]3C[C@@H](O)CC(=O)O3)[C@H]21. The van der Waals surface area contributed by atoms with Crippen LogP contribution in [-0.4, -0.2) is 85.6 Å². The van der Waals surface area contributed by atoms with Crippen LogP contribution in [0.2, 0.25) is 0 Å². The third-order valence-corrected chi connectivity index (χ3v) is 9.08. The number of hydrogen-bond donors (Lipinski definition) is 1. The molecule has 0 spiro atoms. The molecule has 0 aromatic rings. The first-order valence-corrected chi connectivity index (χ1v) is 16.5. The lowest BCUT2D eigenvalue weighted by atomic mass is 9.65. The molecule has 10 heteroatoms. The molecule has 0 bridgehead atoms. The molecule has 8 atom stereocenters. The van der Waals surface area contributed by atoms with Gasteiger partial charge in [0.2, 0.25) is 0 Å². The third-order valence-electron chi connectivity index (χ3n) is 9.08. The summed E-state index contributed by atoms with van der Waals surface area (Å²) in [5.74, 6) is -0.801. The van der Waals surface area contributed by atoms with Crippen LogP contribution >= 0.6 is 0 Å². The predicted molar refractivity (Wildman–Crippen MR) is 168 cm³/mol. The number of aliphatic hydroxyl groups is 1. The van der Waals surface area contributed by atoms with Crippen molar-refractivity contribution in [1.29, 1.82) is 0 Å². The van der Waals surface area contributed by atoms with E-state index < -0.39 is 23.6 Å². The van der Waals surface area contributed by atoms with Crippen molar-refractivity contribution in [1.82, 2.24) is 0 Å². The minimum absolute atomic E-state index is 0.0949. The van der Waals surface area contributed by atoms with Crippen LogP contribution < -0.4 is 5.11 Å². The topological polar surface area (TPSA) is 139 Å². The van der Waals surface area contributed by atoms with Gasteiger partial charge in [-0.15, -0.1) is 0 Å². The summed E-state index contributed by atoms with van der Waals surface area (Å²) >= 11 is 0. The maximum Gasteiger partial charge on any atom is 0.311 e. The lowest BCUT2D eigenvalue weighted by molar-refractivity contribution is -0.873. The van der Waals surface area contributed by atoms with Gasteiger partial charge in [-0.2, -0.15) is 0 Å². The standard InChI is InChI=1S/C25H38O5.C10H19NO4/c1-6-25(4,5)24(28)30-21-12-15(2)11-17-8-7-16(3)20(23(17)21)10-9-19-13-18(26)14-22(27)29-19;1-5-10(14)15-8(6-9(12)13)7-11(2,3)4/h7-8,11,15-16,18-21,23,26H,6,9-10,12-14H2,1-5H3;8H,5-7H2,1-4H3/t15-,16-,18+,19+,20-,21-,23-;8-/m01/s1. The quantitative estimate of drug-likeness (QED) is 0.193. The summed E-state index contributed by atoms with van der Waals surface area (Å²) in [7, 11) is 5.71. The van der Waals surface area contributed by atoms with E-state index in [-0.39, 0.29) is 55.3 Å². The highest BCUT2D eigenvalue weighted by atomic mass is 16.6. The van der Waals surface area contributed by atoms with Gasteiger partial charge in [-0.1, -0.05) is 45.9 Å². The van der Waals surface area contributed by atoms with E-state index in [1.54, 1.807) is 6.92 Å². The number of rotatable bonds is 12. The van der Waals surface area contributed by atoms with Crippen LogP contribution in [0.15, 0.2) is 23.8 Å². The van der Waals surface area contributed by atoms with Crippen LogP contribution in [0.25, 0.3) is 0 Å². The van der Waals surface area contributed by atoms with Crippen molar-refractivity contribution in [3.63, 3.8) is 0 Å². The average molecular weight is 636 g/mol. The number of fused-ring (bicyclic) bond motifs is 1. The minimum atomic E-state index is -1.20. The van der Waals surface area contributed by atoms with Crippen LogP contribution in [0.3, 0.4) is 0 Å². The molecule has 1 N–H and O–H groups in total. The van der Waals surface area contributed by atoms with E-state index in [4.69, 9.17) is 14.2 Å². The number of carboxylic acids is 1. The summed E-state index contributed by atoms with van der Waals surface area (Å²) < 4.78 is 17.2. The molecule has 0 aromatic heterocycles. The normalized spacial score (nSPS) is 28.8. The van der Waals surface area contributed by atoms with Crippen LogP contribution in [0, 0.1) is 29.1 Å². The highest BCUT2D eigenvalue weighted by molar-refractivity contribution is 5.76. The summed E-state index contributed by atoms with van der Waals surface area (Å²) in [5.41, 5.74) is 0.785. The van der Waals surface area contributed by atoms with Crippen LogP contribution in [-0.2, 0) is 33.4 Å². The van der Waals surface area contributed by atoms with Crippen LogP contribution in [0.5, 0.6) is 0 Å². The maximum absolute atomic E-state index is 12.9. The van der Waals surface area contributed by atoms with Crippen LogP contribution in [0.1, 0.15) is 92.9 Å². The number of cyclic esters (lactones) is 1. The molecule has 2 aliphatic carbocycles. The van der Waals surface area contributed by atoms with Crippen molar-refractivity contribution >= 4 is 23.9 Å². The zero-order valence-corrected chi connectivity index (χ0v) is 28.9. The van der Waals surface area contributed by atoms with E-state index in [2.05, 4.69) is 32.1 Å². The van der Waals surface area contributed by atoms with E-state index in [0.717, 1.165) is 25.7 Å². The second kappa shape index (κ2) is 16.7. The Morgan fingerprint density at radius 3 is 2.36 bits per heavy atom. The van der Waals surface area contributed by atoms with E-state index in [0.29, 0.717) is 35.2 Å². The first kappa shape index (κ1) is 38.5. The number of hydrogen-bond acceptors (Lipinski definition) is 9. The highest BCUT2D eigenvalue weighted by Crippen LogP contribution is 2.45. The number of esters is 3.